The van der Waals surface area contributed by atoms with E-state index in [1.807, 2.05) is 23.5 Å². The second kappa shape index (κ2) is 18.4. The molecule has 0 spiro atoms. The van der Waals surface area contributed by atoms with Gasteiger partial charge in [-0.1, -0.05) is 128 Å². The Kier molecular flexibility index (Phi) is 12.8. The van der Waals surface area contributed by atoms with Crippen LogP contribution >= 0.6 is 23.5 Å². The van der Waals surface area contributed by atoms with E-state index in [2.05, 4.69) is 225 Å². The number of benzene rings is 6. The molecular formula is C53H48Cl2N6S2. The highest BCUT2D eigenvalue weighted by molar-refractivity contribution is 8.04. The number of anilines is 4. The highest BCUT2D eigenvalue weighted by Gasteiger charge is 2.35. The molecule has 6 aromatic carbocycles. The van der Waals surface area contributed by atoms with Gasteiger partial charge in [-0.05, 0) is 83.9 Å². The van der Waals surface area contributed by atoms with Crippen LogP contribution < -0.4 is 53.5 Å². The van der Waals surface area contributed by atoms with Crippen LogP contribution in [0.3, 0.4) is 0 Å². The lowest BCUT2D eigenvalue weighted by molar-refractivity contribution is -0.555. The van der Waals surface area contributed by atoms with Crippen LogP contribution in [0.15, 0.2) is 190 Å². The standard InChI is InChI=1S/C52H44N6S2.CH4.2ClH/c1-53-45-25-13-15-27-47(45)59-51(53)35-37-33-49(57(39-17-5-3-6-18-39)43-23-11-9-21-41(37)43)55-29-31-56(32-30-55)50-34-38(36-52-54(2)46-26-14-16-28-48(46)60-52)42-22-10-12-24-44(42)58(50)40-19-7-4-8-20-40;;;/h3-28,33-36H,29-32H2,1-2H3;1H4;2*1H/q+2;;;/p-2. The third-order valence-corrected chi connectivity index (χ3v) is 14.3. The Labute approximate surface area is 391 Å². The molecule has 0 bridgehead atoms. The van der Waals surface area contributed by atoms with Crippen molar-refractivity contribution >= 4 is 80.5 Å². The molecule has 63 heavy (non-hydrogen) atoms. The Morgan fingerprint density at radius 2 is 0.794 bits per heavy atom. The number of fused-ring (bicyclic) bond motifs is 4. The zero-order chi connectivity index (χ0) is 40.2. The predicted molar refractivity (Wildman–Crippen MR) is 259 cm³/mol. The maximum atomic E-state index is 2.59. The van der Waals surface area contributed by atoms with E-state index < -0.39 is 0 Å². The fourth-order valence-electron chi connectivity index (χ4n) is 8.96. The highest BCUT2D eigenvalue weighted by Crippen LogP contribution is 2.47. The quantitative estimate of drug-likeness (QED) is 0.202. The Balaban J connectivity index is 0.00000181. The number of hydrogen-bond acceptors (Lipinski definition) is 6. The number of thioether (sulfide) groups is 2. The van der Waals surface area contributed by atoms with Gasteiger partial charge in [-0.15, -0.1) is 0 Å². The van der Waals surface area contributed by atoms with Crippen LogP contribution in [0.5, 0.6) is 0 Å². The lowest BCUT2D eigenvalue weighted by atomic mass is 10.1. The smallest absolute Gasteiger partial charge is 0.283 e. The van der Waals surface area contributed by atoms with Gasteiger partial charge in [0.25, 0.3) is 11.6 Å². The molecule has 0 atom stereocenters. The summed E-state index contributed by atoms with van der Waals surface area (Å²) in [6.45, 7) is 3.47. The van der Waals surface area contributed by atoms with Gasteiger partial charge in [0.2, 0.25) is 0 Å². The Hall–Kier alpha value is -5.90. The molecule has 6 nitrogen and oxygen atoms in total. The molecule has 10 heteroatoms. The van der Waals surface area contributed by atoms with Crippen molar-refractivity contribution in [1.82, 2.24) is 0 Å². The van der Waals surface area contributed by atoms with Gasteiger partial charge in [0.05, 0.1) is 21.4 Å². The number of nitrogens with zero attached hydrogens (tertiary/aromatic N) is 6. The van der Waals surface area contributed by atoms with Gasteiger partial charge in [-0.25, -0.2) is 0 Å². The number of piperazine rings is 1. The third kappa shape index (κ3) is 7.91. The molecule has 8 aromatic rings. The van der Waals surface area contributed by atoms with E-state index in [1.54, 1.807) is 0 Å². The zero-order valence-electron chi connectivity index (χ0n) is 34.4. The predicted octanol–water partition coefficient (Wildman–Crippen LogP) is 5.60. The summed E-state index contributed by atoms with van der Waals surface area (Å²) >= 11 is 3.69. The van der Waals surface area contributed by atoms with E-state index in [1.165, 1.54) is 75.8 Å². The maximum Gasteiger partial charge on any atom is 0.283 e. The van der Waals surface area contributed by atoms with Crippen LogP contribution in [0.2, 0.25) is 0 Å². The summed E-state index contributed by atoms with van der Waals surface area (Å²) in [5.74, 6) is 2.41. The molecule has 0 unspecified atom stereocenters. The van der Waals surface area contributed by atoms with Gasteiger partial charge in [-0.3, -0.25) is 9.80 Å². The van der Waals surface area contributed by atoms with E-state index in [4.69, 9.17) is 0 Å². The molecule has 0 radical (unpaired) electrons. The van der Waals surface area contributed by atoms with Crippen molar-refractivity contribution in [3.05, 3.63) is 191 Å². The summed E-state index contributed by atoms with van der Waals surface area (Å²) in [6, 6.07) is 61.7. The van der Waals surface area contributed by atoms with E-state index in [0.717, 1.165) is 37.6 Å². The topological polar surface area (TPSA) is 20.7 Å². The van der Waals surface area contributed by atoms with Crippen molar-refractivity contribution in [3.63, 3.8) is 0 Å². The van der Waals surface area contributed by atoms with Gasteiger partial charge in [0, 0.05) is 46.8 Å². The maximum absolute atomic E-state index is 2.59. The van der Waals surface area contributed by atoms with E-state index in [-0.39, 0.29) is 32.2 Å². The van der Waals surface area contributed by atoms with Crippen LogP contribution in [-0.2, 0) is 0 Å². The molecule has 11 rings (SSSR count). The first-order valence-electron chi connectivity index (χ1n) is 20.6. The van der Waals surface area contributed by atoms with Crippen LogP contribution in [0.1, 0.15) is 18.6 Å². The van der Waals surface area contributed by atoms with Crippen molar-refractivity contribution in [2.24, 2.45) is 0 Å². The van der Waals surface area contributed by atoms with Crippen LogP contribution in [0, 0.1) is 0 Å². The second-order valence-corrected chi connectivity index (χ2v) is 17.6. The molecule has 0 saturated carbocycles. The van der Waals surface area contributed by atoms with Gasteiger partial charge in [-0.2, -0.15) is 9.13 Å². The Morgan fingerprint density at radius 1 is 0.444 bits per heavy atom. The molecule has 3 aliphatic heterocycles. The summed E-state index contributed by atoms with van der Waals surface area (Å²) in [5, 5.41) is 4.93. The molecule has 3 aliphatic rings. The third-order valence-electron chi connectivity index (χ3n) is 12.0. The first kappa shape index (κ1) is 43.7. The summed E-state index contributed by atoms with van der Waals surface area (Å²) < 4.78 is 4.93. The zero-order valence-corrected chi connectivity index (χ0v) is 37.5. The van der Waals surface area contributed by atoms with E-state index >= 15 is 0 Å². The number of halogens is 2. The fourth-order valence-corrected chi connectivity index (χ4v) is 11.2. The van der Waals surface area contributed by atoms with E-state index in [0.29, 0.717) is 0 Å². The lowest BCUT2D eigenvalue weighted by Gasteiger charge is -2.30. The number of hydrogen-bond donors (Lipinski definition) is 0. The average molecular weight is 904 g/mol. The Morgan fingerprint density at radius 3 is 1.19 bits per heavy atom. The highest BCUT2D eigenvalue weighted by atomic mass is 35.5. The Bertz CT molecular complexity index is 2800. The molecule has 316 valence electrons. The fraction of sp³-hybridized carbons (Fsp3) is 0.132. The molecule has 1 saturated heterocycles. The molecule has 0 aliphatic carbocycles. The van der Waals surface area contributed by atoms with Gasteiger partial charge in [0.15, 0.2) is 0 Å². The van der Waals surface area contributed by atoms with Crippen LogP contribution in [-0.4, -0.2) is 40.3 Å². The van der Waals surface area contributed by atoms with Crippen LogP contribution in [0.4, 0.5) is 23.0 Å². The minimum absolute atomic E-state index is 0. The average Bonchev–Trinajstić information content (AvgIpc) is 3.80. The van der Waals surface area contributed by atoms with Gasteiger partial charge < -0.3 is 34.6 Å². The van der Waals surface area contributed by atoms with Crippen molar-refractivity contribution < 1.29 is 33.9 Å². The first-order chi connectivity index (χ1) is 29.6. The normalized spacial score (nSPS) is 15.6. The molecule has 0 N–H and O–H groups in total. The SMILES string of the molecule is C.CN1C(=Cc2cc(N3CCN(c4cc(C=C5Sc6ccccc6N5C)c5ccccc5[n+]4-c4ccccc4)CC3)[n+](-c3ccccc3)c3ccccc23)Sc2ccccc21.[Cl-].[Cl-]. The van der Waals surface area contributed by atoms with Crippen LogP contribution in [0.25, 0.3) is 45.3 Å². The summed E-state index contributed by atoms with van der Waals surface area (Å²) in [4.78, 5) is 12.4. The van der Waals surface area contributed by atoms with Crippen molar-refractivity contribution in [2.75, 3.05) is 59.9 Å². The molecular weight excluding hydrogens is 856 g/mol. The molecule has 5 heterocycles. The summed E-state index contributed by atoms with van der Waals surface area (Å²) in [6.07, 6.45) is 4.77. The molecule has 1 fully saturated rings. The summed E-state index contributed by atoms with van der Waals surface area (Å²) in [7, 11) is 4.36. The molecule has 0 amide bonds. The lowest BCUT2D eigenvalue weighted by Crippen LogP contribution is -3.00. The monoisotopic (exact) mass is 902 g/mol. The summed E-state index contributed by atoms with van der Waals surface area (Å²) in [5.41, 5.74) is 9.68. The van der Waals surface area contributed by atoms with Gasteiger partial charge in [0.1, 0.15) is 48.6 Å². The minimum atomic E-state index is 0. The number of aromatic nitrogens is 2. The van der Waals surface area contributed by atoms with Crippen molar-refractivity contribution in [2.45, 2.75) is 17.2 Å². The van der Waals surface area contributed by atoms with Crippen molar-refractivity contribution in [3.8, 4) is 11.4 Å². The van der Waals surface area contributed by atoms with Crippen molar-refractivity contribution in [1.29, 1.82) is 0 Å². The second-order valence-electron chi connectivity index (χ2n) is 15.5. The number of pyridine rings is 2. The largest absolute Gasteiger partial charge is 1.00 e. The van der Waals surface area contributed by atoms with Gasteiger partial charge >= 0.3 is 0 Å². The van der Waals surface area contributed by atoms with E-state index in [9.17, 15) is 0 Å². The molecule has 2 aromatic heterocycles. The minimum Gasteiger partial charge on any atom is -1.00 e. The first-order valence-corrected chi connectivity index (χ1v) is 22.2. The number of rotatable bonds is 6. The number of para-hydroxylation sites is 6.